The fourth-order valence-corrected chi connectivity index (χ4v) is 3.32. The van der Waals surface area contributed by atoms with Crippen LogP contribution in [0.4, 0.5) is 5.69 Å². The Balaban J connectivity index is 1.46. The first-order valence-electron chi connectivity index (χ1n) is 8.17. The van der Waals surface area contributed by atoms with Crippen LogP contribution in [0.2, 0.25) is 0 Å². The molecule has 0 aliphatic rings. The number of nitrogens with zero attached hydrogens (tertiary/aromatic N) is 6. The molecule has 0 amide bonds. The van der Waals surface area contributed by atoms with E-state index in [2.05, 4.69) is 20.4 Å². The van der Waals surface area contributed by atoms with Crippen molar-refractivity contribution >= 4 is 17.4 Å². The number of hydrogen-bond acceptors (Lipinski definition) is 9. The molecule has 0 bridgehead atoms. The molecule has 0 aliphatic carbocycles. The first kappa shape index (κ1) is 17.9. The molecule has 4 rings (SSSR count). The van der Waals surface area contributed by atoms with Crippen molar-refractivity contribution in [2.45, 2.75) is 17.8 Å². The third kappa shape index (κ3) is 3.39. The molecule has 1 aromatic carbocycles. The van der Waals surface area contributed by atoms with Gasteiger partial charge in [0.2, 0.25) is 11.8 Å². The Morgan fingerprint density at radius 1 is 1.14 bits per heavy atom. The molecule has 0 aliphatic heterocycles. The van der Waals surface area contributed by atoms with Crippen molar-refractivity contribution in [2.24, 2.45) is 7.05 Å². The summed E-state index contributed by atoms with van der Waals surface area (Å²) in [5.74, 6) is 2.62. The van der Waals surface area contributed by atoms with E-state index in [1.807, 2.05) is 24.6 Å². The van der Waals surface area contributed by atoms with Gasteiger partial charge in [0.25, 0.3) is 5.69 Å². The van der Waals surface area contributed by atoms with Crippen molar-refractivity contribution in [3.05, 3.63) is 58.4 Å². The monoisotopic (exact) mass is 398 g/mol. The molecule has 4 aromatic rings. The van der Waals surface area contributed by atoms with E-state index in [4.69, 9.17) is 8.83 Å². The van der Waals surface area contributed by atoms with E-state index in [0.29, 0.717) is 34.1 Å². The van der Waals surface area contributed by atoms with Crippen LogP contribution in [-0.2, 0) is 12.8 Å². The Morgan fingerprint density at radius 3 is 2.61 bits per heavy atom. The molecule has 3 aromatic heterocycles. The molecule has 0 spiro atoms. The van der Waals surface area contributed by atoms with Gasteiger partial charge in [0.1, 0.15) is 5.76 Å². The van der Waals surface area contributed by atoms with Gasteiger partial charge in [0, 0.05) is 24.7 Å². The van der Waals surface area contributed by atoms with Gasteiger partial charge in [-0.2, -0.15) is 0 Å². The molecular weight excluding hydrogens is 384 g/mol. The maximum absolute atomic E-state index is 10.7. The molecule has 0 atom stereocenters. The minimum Gasteiger partial charge on any atom is -0.469 e. The third-order valence-corrected chi connectivity index (χ3v) is 5.06. The number of benzene rings is 1. The Labute approximate surface area is 162 Å². The molecule has 142 valence electrons. The normalized spacial score (nSPS) is 11.1. The Bertz CT molecular complexity index is 1130. The van der Waals surface area contributed by atoms with Gasteiger partial charge in [-0.15, -0.1) is 20.4 Å². The lowest BCUT2D eigenvalue weighted by atomic mass is 10.2. The molecule has 0 saturated carbocycles. The van der Waals surface area contributed by atoms with Crippen LogP contribution in [0.5, 0.6) is 0 Å². The van der Waals surface area contributed by atoms with Crippen molar-refractivity contribution in [3.63, 3.8) is 0 Å². The number of aryl methyl sites for hydroxylation is 1. The van der Waals surface area contributed by atoms with Gasteiger partial charge in [0.15, 0.2) is 11.0 Å². The summed E-state index contributed by atoms with van der Waals surface area (Å²) in [6.45, 7) is 1.87. The Hall–Kier alpha value is -3.47. The van der Waals surface area contributed by atoms with Crippen molar-refractivity contribution < 1.29 is 13.8 Å². The van der Waals surface area contributed by atoms with Crippen LogP contribution in [0.15, 0.2) is 50.6 Å². The zero-order valence-electron chi connectivity index (χ0n) is 14.9. The molecule has 0 fully saturated rings. The molecule has 0 radical (unpaired) electrons. The average molecular weight is 398 g/mol. The fraction of sp³-hybridized carbons (Fsp3) is 0.176. The highest BCUT2D eigenvalue weighted by Gasteiger charge is 2.16. The van der Waals surface area contributed by atoms with E-state index in [1.165, 1.54) is 23.9 Å². The van der Waals surface area contributed by atoms with E-state index >= 15 is 0 Å². The van der Waals surface area contributed by atoms with Gasteiger partial charge in [-0.25, -0.2) is 0 Å². The largest absolute Gasteiger partial charge is 0.469 e. The summed E-state index contributed by atoms with van der Waals surface area (Å²) in [6.07, 6.45) is 1.62. The number of furan rings is 1. The summed E-state index contributed by atoms with van der Waals surface area (Å²) >= 11 is 1.41. The maximum Gasteiger partial charge on any atom is 0.269 e. The van der Waals surface area contributed by atoms with Crippen molar-refractivity contribution in [1.82, 2.24) is 25.0 Å². The molecule has 3 heterocycles. The van der Waals surface area contributed by atoms with E-state index in [1.54, 1.807) is 18.4 Å². The number of nitro benzene ring substituents is 1. The van der Waals surface area contributed by atoms with E-state index in [-0.39, 0.29) is 5.69 Å². The van der Waals surface area contributed by atoms with Crippen LogP contribution in [0.3, 0.4) is 0 Å². The van der Waals surface area contributed by atoms with Gasteiger partial charge >= 0.3 is 0 Å². The van der Waals surface area contributed by atoms with Crippen molar-refractivity contribution in [3.8, 4) is 22.8 Å². The van der Waals surface area contributed by atoms with Crippen LogP contribution in [-0.4, -0.2) is 29.9 Å². The van der Waals surface area contributed by atoms with Crippen LogP contribution in [0.25, 0.3) is 22.8 Å². The van der Waals surface area contributed by atoms with E-state index in [0.717, 1.165) is 11.3 Å². The number of hydrogen-bond donors (Lipinski definition) is 0. The fourth-order valence-electron chi connectivity index (χ4n) is 2.57. The smallest absolute Gasteiger partial charge is 0.269 e. The van der Waals surface area contributed by atoms with Crippen LogP contribution in [0.1, 0.15) is 11.7 Å². The Kier molecular flexibility index (Phi) is 4.65. The molecule has 0 saturated heterocycles. The average Bonchev–Trinajstić information content (AvgIpc) is 3.41. The quantitative estimate of drug-likeness (QED) is 0.272. The summed E-state index contributed by atoms with van der Waals surface area (Å²) in [7, 11) is 1.88. The second kappa shape index (κ2) is 7.27. The molecule has 28 heavy (non-hydrogen) atoms. The molecule has 0 unspecified atom stereocenters. The van der Waals surface area contributed by atoms with Crippen LogP contribution < -0.4 is 0 Å². The van der Waals surface area contributed by atoms with Crippen molar-refractivity contribution in [2.75, 3.05) is 0 Å². The molecule has 0 N–H and O–H groups in total. The highest BCUT2D eigenvalue weighted by Crippen LogP contribution is 2.28. The second-order valence-electron chi connectivity index (χ2n) is 5.85. The first-order valence-corrected chi connectivity index (χ1v) is 9.15. The summed E-state index contributed by atoms with van der Waals surface area (Å²) in [5, 5.41) is 27.9. The standard InChI is InChI=1S/C17H14N6O4S/c1-10-13(7-8-26-10)15-19-21-17(22(15)2)28-9-14-18-20-16(27-14)11-3-5-12(6-4-11)23(24)25/h3-8H,9H2,1-2H3. The highest BCUT2D eigenvalue weighted by molar-refractivity contribution is 7.98. The summed E-state index contributed by atoms with van der Waals surface area (Å²) < 4.78 is 12.8. The van der Waals surface area contributed by atoms with E-state index < -0.39 is 4.92 Å². The molecular formula is C17H14N6O4S. The molecule has 11 heteroatoms. The predicted octanol–water partition coefficient (Wildman–Crippen LogP) is 3.63. The predicted molar refractivity (Wildman–Crippen MR) is 99.4 cm³/mol. The van der Waals surface area contributed by atoms with Gasteiger partial charge in [-0.05, 0) is 25.1 Å². The first-order chi connectivity index (χ1) is 13.5. The van der Waals surface area contributed by atoms with Crippen LogP contribution in [0, 0.1) is 17.0 Å². The summed E-state index contributed by atoms with van der Waals surface area (Å²) in [4.78, 5) is 10.3. The number of thioether (sulfide) groups is 1. The topological polar surface area (TPSA) is 126 Å². The van der Waals surface area contributed by atoms with Gasteiger partial charge in [-0.3, -0.25) is 10.1 Å². The second-order valence-corrected chi connectivity index (χ2v) is 6.79. The maximum atomic E-state index is 10.7. The number of rotatable bonds is 6. The van der Waals surface area contributed by atoms with Gasteiger partial charge in [0.05, 0.1) is 22.5 Å². The zero-order valence-corrected chi connectivity index (χ0v) is 15.7. The SMILES string of the molecule is Cc1occc1-c1nnc(SCc2nnc(-c3ccc([N+](=O)[O-])cc3)o2)n1C. The minimum absolute atomic E-state index is 0.00462. The lowest BCUT2D eigenvalue weighted by molar-refractivity contribution is -0.384. The summed E-state index contributed by atoms with van der Waals surface area (Å²) in [6, 6.07) is 7.79. The number of non-ortho nitro benzene ring substituents is 1. The highest BCUT2D eigenvalue weighted by atomic mass is 32.2. The Morgan fingerprint density at radius 2 is 1.93 bits per heavy atom. The van der Waals surface area contributed by atoms with E-state index in [9.17, 15) is 10.1 Å². The minimum atomic E-state index is -0.458. The third-order valence-electron chi connectivity index (χ3n) is 4.05. The zero-order chi connectivity index (χ0) is 19.7. The molecule has 10 nitrogen and oxygen atoms in total. The van der Waals surface area contributed by atoms with Gasteiger partial charge in [-0.1, -0.05) is 11.8 Å². The number of aromatic nitrogens is 5. The van der Waals surface area contributed by atoms with Crippen LogP contribution >= 0.6 is 11.8 Å². The lowest BCUT2D eigenvalue weighted by Crippen LogP contribution is -1.95. The van der Waals surface area contributed by atoms with Crippen molar-refractivity contribution in [1.29, 1.82) is 0 Å². The lowest BCUT2D eigenvalue weighted by Gasteiger charge is -2.01. The van der Waals surface area contributed by atoms with Gasteiger partial charge < -0.3 is 13.4 Å². The number of nitro groups is 1. The summed E-state index contributed by atoms with van der Waals surface area (Å²) in [5.41, 5.74) is 1.51.